The van der Waals surface area contributed by atoms with Crippen LogP contribution in [0.25, 0.3) is 0 Å². The van der Waals surface area contributed by atoms with E-state index in [2.05, 4.69) is 10.2 Å². The fourth-order valence-corrected chi connectivity index (χ4v) is 3.96. The van der Waals surface area contributed by atoms with Crippen LogP contribution in [0, 0.1) is 12.8 Å². The van der Waals surface area contributed by atoms with E-state index in [1.54, 1.807) is 12.3 Å². The van der Waals surface area contributed by atoms with Crippen molar-refractivity contribution in [1.82, 2.24) is 10.2 Å². The van der Waals surface area contributed by atoms with E-state index >= 15 is 0 Å². The molecule has 0 spiro atoms. The number of rotatable bonds is 4. The highest BCUT2D eigenvalue weighted by Crippen LogP contribution is 2.25. The van der Waals surface area contributed by atoms with Gasteiger partial charge in [0.15, 0.2) is 0 Å². The summed E-state index contributed by atoms with van der Waals surface area (Å²) in [6.45, 7) is 5.25. The van der Waals surface area contributed by atoms with Gasteiger partial charge in [-0.15, -0.1) is 0 Å². The predicted molar refractivity (Wildman–Crippen MR) is 86.9 cm³/mol. The van der Waals surface area contributed by atoms with Gasteiger partial charge in [-0.05, 0) is 51.1 Å². The van der Waals surface area contributed by atoms with Gasteiger partial charge in [0.2, 0.25) is 0 Å². The molecule has 2 aliphatic rings. The fourth-order valence-electron chi connectivity index (χ4n) is 3.96. The lowest BCUT2D eigenvalue weighted by molar-refractivity contribution is 0.0888. The highest BCUT2D eigenvalue weighted by atomic mass is 16.3. The third kappa shape index (κ3) is 3.92. The fraction of sp³-hybridized carbons (Fsp3) is 0.722. The molecule has 122 valence electrons. The standard InChI is InChI=1S/C18H28N2O2/c1-14-17(9-11-22-14)18(21)19-16-8-5-10-20(13-16)12-15-6-3-2-4-7-15/h9,11,15-16H,2-8,10,12-13H2,1H3,(H,19,21)/t16-/m0/s1. The van der Waals surface area contributed by atoms with Crippen LogP contribution in [0.3, 0.4) is 0 Å². The molecule has 0 aromatic carbocycles. The first-order valence-electron chi connectivity index (χ1n) is 8.79. The van der Waals surface area contributed by atoms with Crippen LogP contribution in [0.1, 0.15) is 61.1 Å². The van der Waals surface area contributed by atoms with Gasteiger partial charge in [0.25, 0.3) is 5.91 Å². The lowest BCUT2D eigenvalue weighted by atomic mass is 9.88. The maximum atomic E-state index is 12.3. The summed E-state index contributed by atoms with van der Waals surface area (Å²) >= 11 is 0. The lowest BCUT2D eigenvalue weighted by Crippen LogP contribution is -2.49. The molecule has 22 heavy (non-hydrogen) atoms. The second-order valence-electron chi connectivity index (χ2n) is 6.97. The Hall–Kier alpha value is -1.29. The van der Waals surface area contributed by atoms with Gasteiger partial charge in [-0.1, -0.05) is 19.3 Å². The Balaban J connectivity index is 1.50. The third-order valence-corrected chi connectivity index (χ3v) is 5.19. The van der Waals surface area contributed by atoms with Crippen molar-refractivity contribution < 1.29 is 9.21 Å². The number of carbonyl (C=O) groups excluding carboxylic acids is 1. The first-order valence-corrected chi connectivity index (χ1v) is 8.79. The first kappa shape index (κ1) is 15.6. The average molecular weight is 304 g/mol. The van der Waals surface area contributed by atoms with Crippen LogP contribution in [0.15, 0.2) is 16.7 Å². The smallest absolute Gasteiger partial charge is 0.255 e. The molecule has 1 atom stereocenters. The van der Waals surface area contributed by atoms with Crippen LogP contribution in [0.5, 0.6) is 0 Å². The van der Waals surface area contributed by atoms with Crippen molar-refractivity contribution in [2.45, 2.75) is 57.9 Å². The zero-order valence-electron chi connectivity index (χ0n) is 13.6. The summed E-state index contributed by atoms with van der Waals surface area (Å²) in [5.74, 6) is 1.59. The Morgan fingerprint density at radius 3 is 2.82 bits per heavy atom. The molecule has 4 heteroatoms. The van der Waals surface area contributed by atoms with E-state index in [9.17, 15) is 4.79 Å². The van der Waals surface area contributed by atoms with E-state index in [1.165, 1.54) is 51.6 Å². The van der Waals surface area contributed by atoms with E-state index in [-0.39, 0.29) is 11.9 Å². The number of furan rings is 1. The summed E-state index contributed by atoms with van der Waals surface area (Å²) in [6, 6.07) is 2.03. The van der Waals surface area contributed by atoms with Crippen molar-refractivity contribution in [3.63, 3.8) is 0 Å². The Kier molecular flexibility index (Phi) is 5.19. The highest BCUT2D eigenvalue weighted by molar-refractivity contribution is 5.95. The van der Waals surface area contributed by atoms with Crippen LogP contribution >= 0.6 is 0 Å². The quantitative estimate of drug-likeness (QED) is 0.927. The molecule has 0 unspecified atom stereocenters. The number of hydrogen-bond acceptors (Lipinski definition) is 3. The minimum atomic E-state index is 0.00997. The number of carbonyl (C=O) groups is 1. The van der Waals surface area contributed by atoms with Gasteiger partial charge >= 0.3 is 0 Å². The van der Waals surface area contributed by atoms with Crippen LogP contribution in [-0.4, -0.2) is 36.5 Å². The molecule has 1 N–H and O–H groups in total. The Labute approximate surface area is 133 Å². The minimum absolute atomic E-state index is 0.00997. The molecular formula is C18H28N2O2. The van der Waals surface area contributed by atoms with Gasteiger partial charge < -0.3 is 14.6 Å². The van der Waals surface area contributed by atoms with Gasteiger partial charge in [0.05, 0.1) is 11.8 Å². The van der Waals surface area contributed by atoms with Crippen molar-refractivity contribution in [1.29, 1.82) is 0 Å². The van der Waals surface area contributed by atoms with Gasteiger partial charge in [-0.2, -0.15) is 0 Å². The number of piperidine rings is 1. The summed E-state index contributed by atoms with van der Waals surface area (Å²) in [6.07, 6.45) is 10.9. The Morgan fingerprint density at radius 1 is 1.27 bits per heavy atom. The molecular weight excluding hydrogens is 276 g/mol. The van der Waals surface area contributed by atoms with Crippen molar-refractivity contribution in [2.75, 3.05) is 19.6 Å². The Bertz CT molecular complexity index is 491. The predicted octanol–water partition coefficient (Wildman–Crippen LogP) is 3.36. The number of nitrogens with one attached hydrogen (secondary N) is 1. The van der Waals surface area contributed by atoms with Crippen molar-refractivity contribution in [2.24, 2.45) is 5.92 Å². The molecule has 1 aliphatic carbocycles. The van der Waals surface area contributed by atoms with E-state index in [1.807, 2.05) is 6.92 Å². The zero-order chi connectivity index (χ0) is 15.4. The summed E-state index contributed by atoms with van der Waals surface area (Å²) < 4.78 is 5.23. The topological polar surface area (TPSA) is 45.5 Å². The van der Waals surface area contributed by atoms with Crippen molar-refractivity contribution in [3.05, 3.63) is 23.7 Å². The number of nitrogens with zero attached hydrogens (tertiary/aromatic N) is 1. The molecule has 1 saturated heterocycles. The average Bonchev–Trinajstić information content (AvgIpc) is 2.95. The van der Waals surface area contributed by atoms with E-state index in [0.717, 1.165) is 18.9 Å². The zero-order valence-corrected chi connectivity index (χ0v) is 13.6. The van der Waals surface area contributed by atoms with Crippen LogP contribution in [0.2, 0.25) is 0 Å². The van der Waals surface area contributed by atoms with E-state index < -0.39 is 0 Å². The molecule has 4 nitrogen and oxygen atoms in total. The number of amides is 1. The summed E-state index contributed by atoms with van der Waals surface area (Å²) in [5, 5.41) is 3.19. The van der Waals surface area contributed by atoms with Gasteiger partial charge in [0.1, 0.15) is 5.76 Å². The maximum absolute atomic E-state index is 12.3. The molecule has 1 amide bonds. The summed E-state index contributed by atoms with van der Waals surface area (Å²) in [7, 11) is 0. The first-order chi connectivity index (χ1) is 10.7. The number of likely N-dealkylation sites (tertiary alicyclic amines) is 1. The van der Waals surface area contributed by atoms with E-state index in [0.29, 0.717) is 11.3 Å². The molecule has 2 heterocycles. The molecule has 1 aromatic heterocycles. The molecule has 1 aromatic rings. The second-order valence-corrected chi connectivity index (χ2v) is 6.97. The normalized spacial score (nSPS) is 24.3. The van der Waals surface area contributed by atoms with Gasteiger partial charge in [-0.3, -0.25) is 4.79 Å². The molecule has 0 bridgehead atoms. The summed E-state index contributed by atoms with van der Waals surface area (Å²) in [4.78, 5) is 14.9. The van der Waals surface area contributed by atoms with Crippen molar-refractivity contribution >= 4 is 5.91 Å². The Morgan fingerprint density at radius 2 is 2.09 bits per heavy atom. The number of aryl methyl sites for hydroxylation is 1. The summed E-state index contributed by atoms with van der Waals surface area (Å²) in [5.41, 5.74) is 0.671. The number of hydrogen-bond donors (Lipinski definition) is 1. The largest absolute Gasteiger partial charge is 0.469 e. The molecule has 3 rings (SSSR count). The van der Waals surface area contributed by atoms with Crippen LogP contribution in [-0.2, 0) is 0 Å². The van der Waals surface area contributed by atoms with E-state index in [4.69, 9.17) is 4.42 Å². The second kappa shape index (κ2) is 7.32. The van der Waals surface area contributed by atoms with Crippen molar-refractivity contribution in [3.8, 4) is 0 Å². The molecule has 0 radical (unpaired) electrons. The monoisotopic (exact) mass is 304 g/mol. The highest BCUT2D eigenvalue weighted by Gasteiger charge is 2.25. The third-order valence-electron chi connectivity index (χ3n) is 5.19. The molecule has 1 saturated carbocycles. The lowest BCUT2D eigenvalue weighted by Gasteiger charge is -2.36. The van der Waals surface area contributed by atoms with Gasteiger partial charge in [0, 0.05) is 19.1 Å². The maximum Gasteiger partial charge on any atom is 0.255 e. The van der Waals surface area contributed by atoms with Crippen LogP contribution in [0.4, 0.5) is 0 Å². The SMILES string of the molecule is Cc1occc1C(=O)N[C@H]1CCCN(CC2CCCCC2)C1. The molecule has 2 fully saturated rings. The van der Waals surface area contributed by atoms with Gasteiger partial charge in [-0.25, -0.2) is 0 Å². The van der Waals surface area contributed by atoms with Crippen LogP contribution < -0.4 is 5.32 Å². The molecule has 1 aliphatic heterocycles. The minimum Gasteiger partial charge on any atom is -0.469 e.